The molecule has 1 atom stereocenters. The number of rotatable bonds is 9. The number of aryl methyl sites for hydroxylation is 2. The summed E-state index contributed by atoms with van der Waals surface area (Å²) in [6.45, 7) is 9.47. The SMILES string of the molecule is CCC(C)N(Cc1ccccc1)C(=O)CCc1c(C)nn(CCC#N)c1C. The molecular formula is C22H30N4O. The Morgan fingerprint density at radius 3 is 2.63 bits per heavy atom. The third kappa shape index (κ3) is 5.43. The molecule has 1 heterocycles. The molecule has 1 aromatic heterocycles. The summed E-state index contributed by atoms with van der Waals surface area (Å²) in [6.07, 6.45) is 2.54. The minimum Gasteiger partial charge on any atom is -0.336 e. The standard InChI is InChI=1S/C22H30N4O/c1-5-17(2)25(16-20-10-7-6-8-11-20)22(27)13-12-21-18(3)24-26(19(21)4)15-9-14-23/h6-8,10-11,17H,5,9,12-13,15-16H2,1-4H3. The highest BCUT2D eigenvalue weighted by atomic mass is 16.2. The van der Waals surface area contributed by atoms with Gasteiger partial charge in [0.15, 0.2) is 0 Å². The Balaban J connectivity index is 2.07. The van der Waals surface area contributed by atoms with Gasteiger partial charge in [-0.15, -0.1) is 0 Å². The second kappa shape index (κ2) is 9.91. The molecule has 5 heteroatoms. The average Bonchev–Trinajstić information content (AvgIpc) is 2.95. The third-order valence-corrected chi connectivity index (χ3v) is 5.19. The number of carbonyl (C=O) groups excluding carboxylic acids is 1. The van der Waals surface area contributed by atoms with Crippen molar-refractivity contribution in [2.45, 2.75) is 72.5 Å². The summed E-state index contributed by atoms with van der Waals surface area (Å²) in [6, 6.07) is 12.5. The third-order valence-electron chi connectivity index (χ3n) is 5.19. The predicted octanol–water partition coefficient (Wildman–Crippen LogP) is 4.17. The largest absolute Gasteiger partial charge is 0.336 e. The Hall–Kier alpha value is -2.61. The maximum atomic E-state index is 13.0. The lowest BCUT2D eigenvalue weighted by molar-refractivity contribution is -0.134. The van der Waals surface area contributed by atoms with Crippen molar-refractivity contribution in [2.24, 2.45) is 0 Å². The summed E-state index contributed by atoms with van der Waals surface area (Å²) in [4.78, 5) is 15.0. The number of hydrogen-bond acceptors (Lipinski definition) is 3. The van der Waals surface area contributed by atoms with E-state index in [0.717, 1.165) is 28.9 Å². The lowest BCUT2D eigenvalue weighted by Crippen LogP contribution is -2.37. The van der Waals surface area contributed by atoms with E-state index in [1.807, 2.05) is 41.6 Å². The average molecular weight is 367 g/mol. The molecule has 0 saturated heterocycles. The first-order valence-corrected chi connectivity index (χ1v) is 9.71. The van der Waals surface area contributed by atoms with E-state index in [-0.39, 0.29) is 11.9 Å². The molecule has 0 aliphatic heterocycles. The van der Waals surface area contributed by atoms with Crippen LogP contribution in [0, 0.1) is 25.2 Å². The van der Waals surface area contributed by atoms with Crippen molar-refractivity contribution in [1.29, 1.82) is 5.26 Å². The van der Waals surface area contributed by atoms with Gasteiger partial charge < -0.3 is 4.90 Å². The van der Waals surface area contributed by atoms with Crippen LogP contribution in [0.2, 0.25) is 0 Å². The van der Waals surface area contributed by atoms with Gasteiger partial charge in [0.2, 0.25) is 5.91 Å². The van der Waals surface area contributed by atoms with Crippen molar-refractivity contribution in [3.8, 4) is 6.07 Å². The Morgan fingerprint density at radius 1 is 1.30 bits per heavy atom. The van der Waals surface area contributed by atoms with Crippen molar-refractivity contribution >= 4 is 5.91 Å². The number of amides is 1. The lowest BCUT2D eigenvalue weighted by atomic mass is 10.1. The zero-order valence-electron chi connectivity index (χ0n) is 16.9. The van der Waals surface area contributed by atoms with Gasteiger partial charge in [0.25, 0.3) is 0 Å². The molecule has 0 saturated carbocycles. The van der Waals surface area contributed by atoms with Gasteiger partial charge in [-0.3, -0.25) is 9.48 Å². The summed E-state index contributed by atoms with van der Waals surface area (Å²) < 4.78 is 1.88. The van der Waals surface area contributed by atoms with E-state index in [1.54, 1.807) is 0 Å². The van der Waals surface area contributed by atoms with Gasteiger partial charge in [0, 0.05) is 24.7 Å². The van der Waals surface area contributed by atoms with Crippen LogP contribution in [0.1, 0.15) is 55.6 Å². The molecule has 0 aliphatic rings. The molecule has 27 heavy (non-hydrogen) atoms. The Bertz CT molecular complexity index is 789. The Kier molecular flexibility index (Phi) is 7.60. The molecule has 1 amide bonds. The van der Waals surface area contributed by atoms with Crippen molar-refractivity contribution in [3.63, 3.8) is 0 Å². The van der Waals surface area contributed by atoms with E-state index in [4.69, 9.17) is 5.26 Å². The van der Waals surface area contributed by atoms with Crippen LogP contribution in [0.15, 0.2) is 30.3 Å². The minimum atomic E-state index is 0.178. The van der Waals surface area contributed by atoms with Gasteiger partial charge in [-0.1, -0.05) is 37.3 Å². The highest BCUT2D eigenvalue weighted by molar-refractivity contribution is 5.76. The topological polar surface area (TPSA) is 61.9 Å². The molecular weight excluding hydrogens is 336 g/mol. The maximum absolute atomic E-state index is 13.0. The second-order valence-electron chi connectivity index (χ2n) is 7.05. The number of hydrogen-bond donors (Lipinski definition) is 0. The zero-order valence-corrected chi connectivity index (χ0v) is 16.9. The van der Waals surface area contributed by atoms with Crippen LogP contribution in [0.4, 0.5) is 0 Å². The molecule has 2 rings (SSSR count). The van der Waals surface area contributed by atoms with E-state index in [9.17, 15) is 4.79 Å². The molecule has 2 aromatic rings. The summed E-state index contributed by atoms with van der Waals surface area (Å²) in [5, 5.41) is 13.3. The molecule has 0 aliphatic carbocycles. The van der Waals surface area contributed by atoms with Gasteiger partial charge in [-0.25, -0.2) is 0 Å². The Labute approximate surface area is 162 Å². The number of aromatic nitrogens is 2. The molecule has 0 radical (unpaired) electrons. The monoisotopic (exact) mass is 366 g/mol. The lowest BCUT2D eigenvalue weighted by Gasteiger charge is -2.29. The van der Waals surface area contributed by atoms with E-state index in [1.165, 1.54) is 0 Å². The number of nitriles is 1. The van der Waals surface area contributed by atoms with Gasteiger partial charge in [0.1, 0.15) is 0 Å². The molecule has 1 unspecified atom stereocenters. The molecule has 0 fully saturated rings. The van der Waals surface area contributed by atoms with Crippen molar-refractivity contribution in [1.82, 2.24) is 14.7 Å². The Morgan fingerprint density at radius 2 is 2.00 bits per heavy atom. The van der Waals surface area contributed by atoms with Crippen molar-refractivity contribution in [3.05, 3.63) is 52.8 Å². The smallest absolute Gasteiger partial charge is 0.223 e. The highest BCUT2D eigenvalue weighted by Crippen LogP contribution is 2.18. The van der Waals surface area contributed by atoms with Crippen LogP contribution < -0.4 is 0 Å². The van der Waals surface area contributed by atoms with Crippen molar-refractivity contribution in [2.75, 3.05) is 0 Å². The normalized spacial score (nSPS) is 11.8. The molecule has 0 N–H and O–H groups in total. The predicted molar refractivity (Wildman–Crippen MR) is 107 cm³/mol. The van der Waals surface area contributed by atoms with Crippen LogP contribution in [0.5, 0.6) is 0 Å². The van der Waals surface area contributed by atoms with Crippen LogP contribution in [-0.2, 0) is 24.3 Å². The van der Waals surface area contributed by atoms with E-state index < -0.39 is 0 Å². The summed E-state index contributed by atoms with van der Waals surface area (Å²) >= 11 is 0. The quantitative estimate of drug-likeness (QED) is 0.669. The van der Waals surface area contributed by atoms with Gasteiger partial charge in [0.05, 0.1) is 24.7 Å². The highest BCUT2D eigenvalue weighted by Gasteiger charge is 2.20. The van der Waals surface area contributed by atoms with Crippen LogP contribution in [0.25, 0.3) is 0 Å². The molecule has 0 bridgehead atoms. The first-order chi connectivity index (χ1) is 13.0. The number of carbonyl (C=O) groups is 1. The van der Waals surface area contributed by atoms with E-state index in [0.29, 0.717) is 32.4 Å². The number of nitrogens with zero attached hydrogens (tertiary/aromatic N) is 4. The fourth-order valence-corrected chi connectivity index (χ4v) is 3.34. The number of benzene rings is 1. The second-order valence-corrected chi connectivity index (χ2v) is 7.05. The molecule has 5 nitrogen and oxygen atoms in total. The minimum absolute atomic E-state index is 0.178. The van der Waals surface area contributed by atoms with E-state index >= 15 is 0 Å². The van der Waals surface area contributed by atoms with Gasteiger partial charge >= 0.3 is 0 Å². The first-order valence-electron chi connectivity index (χ1n) is 9.71. The molecule has 1 aromatic carbocycles. The van der Waals surface area contributed by atoms with Crippen LogP contribution >= 0.6 is 0 Å². The first kappa shape index (κ1) is 20.7. The summed E-state index contributed by atoms with van der Waals surface area (Å²) in [5.41, 5.74) is 4.30. The van der Waals surface area contributed by atoms with Gasteiger partial charge in [-0.2, -0.15) is 10.4 Å². The van der Waals surface area contributed by atoms with Crippen LogP contribution in [-0.4, -0.2) is 26.6 Å². The summed E-state index contributed by atoms with van der Waals surface area (Å²) in [5.74, 6) is 0.178. The summed E-state index contributed by atoms with van der Waals surface area (Å²) in [7, 11) is 0. The fraction of sp³-hybridized carbons (Fsp3) is 0.500. The van der Waals surface area contributed by atoms with Gasteiger partial charge in [-0.05, 0) is 44.7 Å². The maximum Gasteiger partial charge on any atom is 0.223 e. The zero-order chi connectivity index (χ0) is 19.8. The molecule has 144 valence electrons. The van der Waals surface area contributed by atoms with Crippen LogP contribution in [0.3, 0.4) is 0 Å². The fourth-order valence-electron chi connectivity index (χ4n) is 3.34. The van der Waals surface area contributed by atoms with E-state index in [2.05, 4.69) is 37.1 Å². The van der Waals surface area contributed by atoms with Crippen molar-refractivity contribution < 1.29 is 4.79 Å². The molecule has 0 spiro atoms.